The van der Waals surface area contributed by atoms with E-state index >= 15 is 4.39 Å². The van der Waals surface area contributed by atoms with Crippen molar-refractivity contribution in [1.82, 2.24) is 0 Å². The Morgan fingerprint density at radius 1 is 0.846 bits per heavy atom. The van der Waals surface area contributed by atoms with Gasteiger partial charge in [-0.15, -0.1) is 11.8 Å². The lowest BCUT2D eigenvalue weighted by atomic mass is 9.95. The van der Waals surface area contributed by atoms with Gasteiger partial charge < -0.3 is 18.9 Å². The van der Waals surface area contributed by atoms with Crippen LogP contribution in [-0.4, -0.2) is 50.5 Å². The van der Waals surface area contributed by atoms with Crippen LogP contribution in [-0.2, 0) is 20.6 Å². The van der Waals surface area contributed by atoms with Gasteiger partial charge in [0.05, 0.1) is 30.7 Å². The first-order valence-corrected chi connectivity index (χ1v) is 16.0. The average Bonchev–Trinajstić information content (AvgIpc) is 2.94. The molecular weight excluding hydrogens is 511 g/mol. The zero-order valence-corrected chi connectivity index (χ0v) is 25.3. The largest absolute Gasteiger partial charge is 0.494 e. The molecule has 0 radical (unpaired) electrons. The molecule has 0 aromatic heterocycles. The third-order valence-electron chi connectivity index (χ3n) is 7.11. The highest BCUT2D eigenvalue weighted by Gasteiger charge is 2.41. The van der Waals surface area contributed by atoms with E-state index in [1.807, 2.05) is 55.1 Å². The molecule has 1 heterocycles. The van der Waals surface area contributed by atoms with Crippen LogP contribution in [0.3, 0.4) is 0 Å². The average molecular weight is 561 g/mol. The van der Waals surface area contributed by atoms with E-state index in [1.165, 1.54) is 0 Å². The topological polar surface area (TPSA) is 36.9 Å². The maximum atomic E-state index is 15.1. The second kappa shape index (κ2) is 18.0. The number of hydrogen-bond donors (Lipinski definition) is 0. The van der Waals surface area contributed by atoms with Gasteiger partial charge >= 0.3 is 0 Å². The van der Waals surface area contributed by atoms with Crippen LogP contribution < -0.4 is 4.74 Å². The van der Waals surface area contributed by atoms with E-state index < -0.39 is 0 Å². The summed E-state index contributed by atoms with van der Waals surface area (Å²) >= 11 is 1.91. The fourth-order valence-electron chi connectivity index (χ4n) is 4.86. The van der Waals surface area contributed by atoms with Crippen LogP contribution in [0.25, 0.3) is 0 Å². The molecule has 0 N–H and O–H groups in total. The number of halogens is 1. The minimum absolute atomic E-state index is 0.000885. The molecule has 1 aliphatic rings. The van der Waals surface area contributed by atoms with Crippen molar-refractivity contribution in [2.75, 3.05) is 33.0 Å². The van der Waals surface area contributed by atoms with Crippen molar-refractivity contribution in [1.29, 1.82) is 0 Å². The Hall–Kier alpha value is -1.60. The molecule has 3 rings (SSSR count). The second-order valence-electron chi connectivity index (χ2n) is 10.4. The van der Waals surface area contributed by atoms with Gasteiger partial charge in [-0.2, -0.15) is 0 Å². The number of ether oxygens (including phenoxy) is 4. The fourth-order valence-corrected chi connectivity index (χ4v) is 6.47. The van der Waals surface area contributed by atoms with Crippen molar-refractivity contribution in [2.24, 2.45) is 0 Å². The Kier molecular flexibility index (Phi) is 14.7. The van der Waals surface area contributed by atoms with E-state index in [4.69, 9.17) is 18.9 Å². The molecule has 0 aliphatic carbocycles. The summed E-state index contributed by atoms with van der Waals surface area (Å²) in [5, 5.41) is 0.366. The molecule has 6 heteroatoms. The maximum absolute atomic E-state index is 15.1. The summed E-state index contributed by atoms with van der Waals surface area (Å²) < 4.78 is 39.7. The molecule has 4 atom stereocenters. The Bertz CT molecular complexity index is 938. The zero-order chi connectivity index (χ0) is 27.9. The number of hydrogen-bond acceptors (Lipinski definition) is 5. The van der Waals surface area contributed by atoms with Crippen molar-refractivity contribution in [3.05, 3.63) is 65.0 Å². The van der Waals surface area contributed by atoms with E-state index in [0.29, 0.717) is 37.1 Å². The molecule has 2 aromatic rings. The molecule has 0 bridgehead atoms. The molecular formula is C33H49FO4S. The van der Waals surface area contributed by atoms with E-state index in [0.717, 1.165) is 75.0 Å². The monoisotopic (exact) mass is 560 g/mol. The van der Waals surface area contributed by atoms with Gasteiger partial charge in [0.15, 0.2) is 0 Å². The van der Waals surface area contributed by atoms with Crippen molar-refractivity contribution >= 4 is 11.8 Å². The van der Waals surface area contributed by atoms with E-state index in [9.17, 15) is 0 Å². The molecule has 218 valence electrons. The van der Waals surface area contributed by atoms with Gasteiger partial charge in [0.25, 0.3) is 0 Å². The quantitative estimate of drug-likeness (QED) is 0.171. The van der Waals surface area contributed by atoms with Crippen LogP contribution in [0.1, 0.15) is 94.6 Å². The molecule has 4 nitrogen and oxygen atoms in total. The van der Waals surface area contributed by atoms with E-state index in [-0.39, 0.29) is 23.3 Å². The first-order valence-electron chi connectivity index (χ1n) is 15.1. The van der Waals surface area contributed by atoms with Crippen LogP contribution in [0.15, 0.2) is 42.5 Å². The first kappa shape index (κ1) is 31.9. The Morgan fingerprint density at radius 3 is 2.23 bits per heavy atom. The number of unbranched alkanes of at least 4 members (excludes halogenated alkanes) is 3. The van der Waals surface area contributed by atoms with Gasteiger partial charge in [0, 0.05) is 31.5 Å². The summed E-state index contributed by atoms with van der Waals surface area (Å²) in [5.74, 6) is 0.662. The lowest BCUT2D eigenvalue weighted by Crippen LogP contribution is -2.44. The third kappa shape index (κ3) is 10.4. The predicted molar refractivity (Wildman–Crippen MR) is 161 cm³/mol. The lowest BCUT2D eigenvalue weighted by molar-refractivity contribution is -0.0841. The minimum atomic E-state index is -0.174. The van der Waals surface area contributed by atoms with Crippen LogP contribution in [0.4, 0.5) is 4.39 Å². The minimum Gasteiger partial charge on any atom is -0.494 e. The predicted octanol–water partition coefficient (Wildman–Crippen LogP) is 8.55. The number of benzene rings is 2. The van der Waals surface area contributed by atoms with Crippen molar-refractivity contribution in [3.8, 4) is 5.75 Å². The van der Waals surface area contributed by atoms with Crippen LogP contribution >= 0.6 is 11.8 Å². The van der Waals surface area contributed by atoms with Crippen molar-refractivity contribution in [3.63, 3.8) is 0 Å². The third-order valence-corrected chi connectivity index (χ3v) is 8.66. The lowest BCUT2D eigenvalue weighted by Gasteiger charge is -2.41. The zero-order valence-electron chi connectivity index (χ0n) is 24.5. The number of thioether (sulfide) groups is 1. The Morgan fingerprint density at radius 2 is 1.54 bits per heavy atom. The summed E-state index contributed by atoms with van der Waals surface area (Å²) in [6.45, 7) is 12.1. The standard InChI is InChI=1S/C33H49FO4S/c1-5-9-18-35-24-29-23-31(37-19-10-6-2)32(38-20-11-7-3)33(39-29)26-14-17-30(34)27(22-26)21-25-12-15-28(16-13-25)36-8-4/h12-17,22,29,31-33H,5-11,18-21,23-24H2,1-4H3/t29-,31-,32+,33-/m0/s1. The summed E-state index contributed by atoms with van der Waals surface area (Å²) in [5.41, 5.74) is 2.87. The molecule has 0 saturated carbocycles. The van der Waals surface area contributed by atoms with Gasteiger partial charge in [0.2, 0.25) is 0 Å². The normalized spacial score (nSPS) is 21.3. The molecule has 1 saturated heterocycles. The van der Waals surface area contributed by atoms with E-state index in [2.05, 4.69) is 20.8 Å². The van der Waals surface area contributed by atoms with Crippen LogP contribution in [0.5, 0.6) is 5.75 Å². The fraction of sp³-hybridized carbons (Fsp3) is 0.636. The van der Waals surface area contributed by atoms with E-state index in [1.54, 1.807) is 6.07 Å². The Labute approximate surface area is 240 Å². The van der Waals surface area contributed by atoms with Gasteiger partial charge in [-0.3, -0.25) is 0 Å². The molecule has 1 fully saturated rings. The smallest absolute Gasteiger partial charge is 0.126 e. The van der Waals surface area contributed by atoms with Crippen molar-refractivity contribution < 1.29 is 23.3 Å². The van der Waals surface area contributed by atoms with Gasteiger partial charge in [-0.25, -0.2) is 4.39 Å². The summed E-state index contributed by atoms with van der Waals surface area (Å²) in [7, 11) is 0. The van der Waals surface area contributed by atoms with Gasteiger partial charge in [0.1, 0.15) is 11.6 Å². The van der Waals surface area contributed by atoms with Gasteiger partial charge in [-0.05, 0) is 67.5 Å². The summed E-state index contributed by atoms with van der Waals surface area (Å²) in [6, 6.07) is 13.6. The Balaban J connectivity index is 1.85. The van der Waals surface area contributed by atoms with Gasteiger partial charge in [-0.1, -0.05) is 64.3 Å². The molecule has 0 unspecified atom stereocenters. The molecule has 2 aromatic carbocycles. The number of rotatable bonds is 18. The molecule has 1 aliphatic heterocycles. The van der Waals surface area contributed by atoms with Crippen molar-refractivity contribution in [2.45, 2.75) is 102 Å². The molecule has 39 heavy (non-hydrogen) atoms. The summed E-state index contributed by atoms with van der Waals surface area (Å²) in [6.07, 6.45) is 7.82. The molecule has 0 amide bonds. The summed E-state index contributed by atoms with van der Waals surface area (Å²) in [4.78, 5) is 0. The highest BCUT2D eigenvalue weighted by Crippen LogP contribution is 2.46. The maximum Gasteiger partial charge on any atom is 0.126 e. The van der Waals surface area contributed by atoms with Crippen LogP contribution in [0.2, 0.25) is 0 Å². The van der Waals surface area contributed by atoms with Crippen LogP contribution in [0, 0.1) is 5.82 Å². The SMILES string of the molecule is CCCCOC[C@@H]1C[C@H](OCCCC)[C@@H](OCCCC)[C@H](c2ccc(F)c(Cc3ccc(OCC)cc3)c2)S1. The highest BCUT2D eigenvalue weighted by molar-refractivity contribution is 8.00. The first-order chi connectivity index (χ1) is 19.1. The second-order valence-corrected chi connectivity index (χ2v) is 11.8. The highest BCUT2D eigenvalue weighted by atomic mass is 32.2. The molecule has 0 spiro atoms.